The Labute approximate surface area is 323 Å². The Morgan fingerprint density at radius 2 is 1.04 bits per heavy atom. The molecule has 17 atom stereocenters. The molecule has 3 spiro atoms. The van der Waals surface area contributed by atoms with E-state index in [9.17, 15) is 19.8 Å². The molecule has 1 unspecified atom stereocenters. The zero-order valence-corrected chi connectivity index (χ0v) is 33.4. The molecule has 14 nitrogen and oxygen atoms in total. The molecule has 15 heteroatoms. The van der Waals surface area contributed by atoms with Crippen LogP contribution in [0.2, 0.25) is 0 Å². The molecule has 2 N–H and O–H groups in total. The lowest BCUT2D eigenvalue weighted by atomic mass is 9.73. The average molecular weight is 776 g/mol. The van der Waals surface area contributed by atoms with Crippen LogP contribution >= 0.6 is 0 Å². The molecule has 11 bridgehead atoms. The van der Waals surface area contributed by atoms with E-state index in [1.165, 1.54) is 0 Å². The van der Waals surface area contributed by atoms with Crippen molar-refractivity contribution in [3.8, 4) is 0 Å². The van der Waals surface area contributed by atoms with E-state index in [0.717, 1.165) is 0 Å². The molecule has 8 rings (SSSR count). The highest BCUT2D eigenvalue weighted by atomic mass is 17.0. The van der Waals surface area contributed by atoms with Gasteiger partial charge in [0.2, 0.25) is 0 Å². The molecule has 0 aliphatic carbocycles. The minimum Gasteiger partial charge on any atom is -0.504 e. The van der Waals surface area contributed by atoms with E-state index >= 15 is 0 Å². The van der Waals surface area contributed by atoms with Crippen molar-refractivity contribution in [2.75, 3.05) is 0 Å². The standard InChI is InChI=1S/C40H60BO14/c1-21-15-17-31-37(5,6)29(42)13-9-11-26-20-28(24(4)47-26)49-36(45)34-40-22(2)16-18-32(51-40)38(7,8)30(43)14-10-12-25-19-27(23(3)46-25)48-35(44)33-39(21,50-31)54-41(52-33,53-34)55-40/h9-12,21-34,42-43H,13-20H2,1-8H3/q-1/b11-9+,12-10+/t21-,22-,23-,24-,25-,26-,27+,28+,29-,30-,31-,32+,33+,34+,39+,40+,41?/m1/s1. The normalized spacial score (nSPS) is 53.3. The van der Waals surface area contributed by atoms with Crippen LogP contribution in [0.3, 0.4) is 0 Å². The van der Waals surface area contributed by atoms with Gasteiger partial charge in [0.1, 0.15) is 12.2 Å². The summed E-state index contributed by atoms with van der Waals surface area (Å²) in [6, 6.07) is 0. The van der Waals surface area contributed by atoms with Crippen LogP contribution < -0.4 is 0 Å². The maximum atomic E-state index is 14.6. The second-order valence-corrected chi connectivity index (χ2v) is 18.6. The summed E-state index contributed by atoms with van der Waals surface area (Å²) < 4.78 is 65.8. The van der Waals surface area contributed by atoms with Crippen molar-refractivity contribution < 1.29 is 66.8 Å². The van der Waals surface area contributed by atoms with E-state index in [0.29, 0.717) is 51.4 Å². The van der Waals surface area contributed by atoms with E-state index in [1.807, 2.05) is 79.7 Å². The molecule has 0 aromatic heterocycles. The van der Waals surface area contributed by atoms with Crippen LogP contribution in [0.1, 0.15) is 107 Å². The van der Waals surface area contributed by atoms with Gasteiger partial charge in [-0.15, -0.1) is 0 Å². The first-order valence-electron chi connectivity index (χ1n) is 20.5. The van der Waals surface area contributed by atoms with Gasteiger partial charge in [-0.2, -0.15) is 0 Å². The zero-order valence-electron chi connectivity index (χ0n) is 33.4. The fourth-order valence-corrected chi connectivity index (χ4v) is 10.1. The molecule has 6 fully saturated rings. The summed E-state index contributed by atoms with van der Waals surface area (Å²) in [6.45, 7) is 11.8. The van der Waals surface area contributed by atoms with Gasteiger partial charge in [0.15, 0.2) is 23.8 Å². The van der Waals surface area contributed by atoms with Crippen molar-refractivity contribution in [3.63, 3.8) is 0 Å². The third kappa shape index (κ3) is 6.66. The SMILES string of the molecule is C[C@@H]1CC[C@@H]2O[C@]13O[B-]14O[C@H]3C(=O)O[C@H]3C[C@@H](/C=C/C[C@@H](O)C(C)(C)[C@H]5CC[C@@H](C)[C@](O5)(O1)[C@@H](O4)C(=O)O[C@H]1C[C@@H](/C=C/C[C@@H](O)C2(C)C)O[C@@H]1C)O[C@@H]3C. The number of aliphatic hydroxyl groups is 2. The Morgan fingerprint density at radius 1 is 0.636 bits per heavy atom. The van der Waals surface area contributed by atoms with Crippen LogP contribution in [0, 0.1) is 22.7 Å². The molecule has 0 amide bonds. The molecule has 8 aliphatic heterocycles. The second-order valence-electron chi connectivity index (χ2n) is 18.6. The topological polar surface area (TPSA) is 167 Å². The predicted molar refractivity (Wildman–Crippen MR) is 194 cm³/mol. The van der Waals surface area contributed by atoms with Gasteiger partial charge < -0.3 is 57.3 Å². The summed E-state index contributed by atoms with van der Waals surface area (Å²) in [5, 5.41) is 23.3. The van der Waals surface area contributed by atoms with Crippen LogP contribution in [0.4, 0.5) is 0 Å². The third-order valence-electron chi connectivity index (χ3n) is 14.3. The molecule has 0 aromatic carbocycles. The van der Waals surface area contributed by atoms with E-state index in [2.05, 4.69) is 0 Å². The van der Waals surface area contributed by atoms with E-state index < -0.39 is 114 Å². The zero-order chi connectivity index (χ0) is 39.3. The van der Waals surface area contributed by atoms with Gasteiger partial charge in [-0.25, -0.2) is 9.59 Å². The molecule has 8 heterocycles. The highest BCUT2D eigenvalue weighted by Crippen LogP contribution is 2.57. The molecular formula is C40H60BO14-. The summed E-state index contributed by atoms with van der Waals surface area (Å²) >= 11 is 0. The number of carbonyl (C=O) groups is 2. The molecule has 55 heavy (non-hydrogen) atoms. The Hall–Kier alpha value is -1.92. The van der Waals surface area contributed by atoms with Crippen LogP contribution in [0.25, 0.3) is 0 Å². The lowest BCUT2D eigenvalue weighted by molar-refractivity contribution is -0.310. The van der Waals surface area contributed by atoms with Gasteiger partial charge >= 0.3 is 18.9 Å². The average Bonchev–Trinajstić information content (AvgIpc) is 3.84. The largest absolute Gasteiger partial charge is 0.536 e. The number of ether oxygens (including phenoxy) is 6. The highest BCUT2D eigenvalue weighted by Gasteiger charge is 2.73. The van der Waals surface area contributed by atoms with E-state index in [-0.39, 0.29) is 12.2 Å². The van der Waals surface area contributed by atoms with E-state index in [4.69, 9.17) is 47.0 Å². The van der Waals surface area contributed by atoms with Gasteiger partial charge in [0, 0.05) is 35.5 Å². The summed E-state index contributed by atoms with van der Waals surface area (Å²) in [4.78, 5) is 29.2. The smallest absolute Gasteiger partial charge is 0.504 e. The number of carbonyl (C=O) groups excluding carboxylic acids is 2. The first kappa shape index (κ1) is 39.9. The summed E-state index contributed by atoms with van der Waals surface area (Å²) in [5.41, 5.74) is -1.64. The number of rotatable bonds is 0. The summed E-state index contributed by atoms with van der Waals surface area (Å²) in [5.74, 6) is -6.02. The van der Waals surface area contributed by atoms with E-state index in [1.54, 1.807) is 0 Å². The molecule has 8 aliphatic rings. The fraction of sp³-hybridized carbons (Fsp3) is 0.850. The molecule has 0 saturated carbocycles. The van der Waals surface area contributed by atoms with Crippen molar-refractivity contribution in [2.45, 2.75) is 192 Å². The number of fused-ring (bicyclic) bond motifs is 8. The Kier molecular flexibility index (Phi) is 10.2. The maximum Gasteiger partial charge on any atom is 0.536 e. The van der Waals surface area contributed by atoms with Crippen molar-refractivity contribution in [3.05, 3.63) is 24.3 Å². The number of hydrogen-bond donors (Lipinski definition) is 2. The second kappa shape index (κ2) is 14.1. The quantitative estimate of drug-likeness (QED) is 0.205. The Morgan fingerprint density at radius 3 is 1.44 bits per heavy atom. The number of esters is 2. The Balaban J connectivity index is 1.27. The van der Waals surface area contributed by atoms with Crippen LogP contribution in [0.5, 0.6) is 0 Å². The molecular weight excluding hydrogens is 715 g/mol. The van der Waals surface area contributed by atoms with Gasteiger partial charge in [0.25, 0.3) is 0 Å². The highest BCUT2D eigenvalue weighted by molar-refractivity contribution is 6.56. The monoisotopic (exact) mass is 775 g/mol. The van der Waals surface area contributed by atoms with Gasteiger partial charge in [0.05, 0.1) is 48.8 Å². The first-order valence-corrected chi connectivity index (χ1v) is 20.5. The van der Waals surface area contributed by atoms with Gasteiger partial charge in [-0.05, 0) is 52.4 Å². The minimum atomic E-state index is -3.42. The number of hydrogen-bond acceptors (Lipinski definition) is 14. The van der Waals surface area contributed by atoms with Crippen molar-refractivity contribution in [2.24, 2.45) is 22.7 Å². The molecule has 308 valence electrons. The minimum absolute atomic E-state index is 0.318. The molecule has 0 aromatic rings. The number of aliphatic hydroxyl groups excluding tert-OH is 2. The van der Waals surface area contributed by atoms with Crippen molar-refractivity contribution in [1.82, 2.24) is 0 Å². The van der Waals surface area contributed by atoms with Crippen LogP contribution in [0.15, 0.2) is 24.3 Å². The third-order valence-corrected chi connectivity index (χ3v) is 14.3. The fourth-order valence-electron chi connectivity index (χ4n) is 10.1. The van der Waals surface area contributed by atoms with Crippen LogP contribution in [-0.2, 0) is 56.6 Å². The maximum absolute atomic E-state index is 14.6. The van der Waals surface area contributed by atoms with Gasteiger partial charge in [-0.1, -0.05) is 65.8 Å². The van der Waals surface area contributed by atoms with Crippen LogP contribution in [-0.4, -0.2) is 114 Å². The Bertz CT molecular complexity index is 1440. The summed E-state index contributed by atoms with van der Waals surface area (Å²) in [7, 11) is 0. The predicted octanol–water partition coefficient (Wildman–Crippen LogP) is 4.15. The lowest BCUT2D eigenvalue weighted by Crippen LogP contribution is -2.61. The molecule has 6 saturated heterocycles. The lowest BCUT2D eigenvalue weighted by Gasteiger charge is -2.52. The van der Waals surface area contributed by atoms with Crippen molar-refractivity contribution >= 4 is 18.9 Å². The molecule has 0 radical (unpaired) electrons. The van der Waals surface area contributed by atoms with Crippen molar-refractivity contribution in [1.29, 1.82) is 0 Å². The summed E-state index contributed by atoms with van der Waals surface area (Å²) in [6.07, 6.45) is 2.49. The first-order chi connectivity index (χ1) is 25.9. The van der Waals surface area contributed by atoms with Gasteiger partial charge in [-0.3, -0.25) is 0 Å².